The van der Waals surface area contributed by atoms with E-state index in [4.69, 9.17) is 31.3 Å². The van der Waals surface area contributed by atoms with Crippen molar-refractivity contribution in [2.24, 2.45) is 11.5 Å². The maximum atomic E-state index is 12.5. The normalized spacial score (nSPS) is 15.3. The summed E-state index contributed by atoms with van der Waals surface area (Å²) in [6.07, 6.45) is -1.95. The summed E-state index contributed by atoms with van der Waals surface area (Å²) in [5.74, 6) is -6.01. The third-order valence-electron chi connectivity index (χ3n) is 10.8. The van der Waals surface area contributed by atoms with Crippen molar-refractivity contribution < 1.29 is 64.9 Å². The smallest absolute Gasteiger partial charge is 0.430 e. The number of amides is 2. The minimum atomic E-state index is -5.19. The molecule has 0 unspecified atom stereocenters. The summed E-state index contributed by atoms with van der Waals surface area (Å²) in [5, 5.41) is 23.7. The number of carbonyl (C=O) groups excluding carboxylic acids is 4. The number of carbonyl (C=O) groups is 4. The third kappa shape index (κ3) is 16.0. The second-order valence-electron chi connectivity index (χ2n) is 15.2. The highest BCUT2D eigenvalue weighted by Crippen LogP contribution is 2.17. The fraction of sp³-hybridized carbons (Fsp3) is 0.571. The van der Waals surface area contributed by atoms with Crippen LogP contribution in [0, 0.1) is 0 Å². The monoisotopic (exact) mass is 914 g/mol. The molecule has 0 aliphatic carbocycles. The van der Waals surface area contributed by atoms with Crippen LogP contribution >= 0.6 is 0 Å². The fourth-order valence-corrected chi connectivity index (χ4v) is 7.08. The number of likely N-dealkylation sites (tertiary alicyclic amines) is 2. The summed E-state index contributed by atoms with van der Waals surface area (Å²) in [6.45, 7) is 19.4. The maximum Gasteiger partial charge on any atom is 0.430 e. The topological polar surface area (TPSA) is 215 Å². The lowest BCUT2D eigenvalue weighted by Gasteiger charge is -2.29. The number of fused-ring (bicyclic) bond motifs is 2. The van der Waals surface area contributed by atoms with Crippen LogP contribution in [0.4, 0.5) is 26.3 Å². The van der Waals surface area contributed by atoms with E-state index >= 15 is 0 Å². The lowest BCUT2D eigenvalue weighted by Crippen LogP contribution is -2.43. The van der Waals surface area contributed by atoms with Gasteiger partial charge in [0, 0.05) is 61.5 Å². The molecule has 6 rings (SSSR count). The first-order valence-electron chi connectivity index (χ1n) is 21.3. The molecule has 2 amide bonds. The Morgan fingerprint density at radius 2 is 0.938 bits per heavy atom. The number of nitrogens with zero attached hydrogens (tertiary/aromatic N) is 6. The zero-order chi connectivity index (χ0) is 47.8. The lowest BCUT2D eigenvalue weighted by atomic mass is 10.1. The number of nitrogens with one attached hydrogen (secondary N) is 2. The first kappa shape index (κ1) is 53.0. The highest BCUT2D eigenvalue weighted by molar-refractivity contribution is 5.97. The summed E-state index contributed by atoms with van der Waals surface area (Å²) in [5.41, 5.74) is 17.9. The minimum Gasteiger partial charge on any atom is -0.542 e. The molecule has 2 aromatic carbocycles. The number of aromatic nitrogens is 4. The van der Waals surface area contributed by atoms with Gasteiger partial charge in [0.05, 0.1) is 26.2 Å². The zero-order valence-corrected chi connectivity index (χ0v) is 36.6. The number of imidazole rings is 2. The van der Waals surface area contributed by atoms with Gasteiger partial charge in [-0.2, -0.15) is 26.3 Å². The predicted octanol–water partition coefficient (Wildman–Crippen LogP) is 0.840. The molecule has 356 valence electrons. The van der Waals surface area contributed by atoms with Crippen LogP contribution in [0.15, 0.2) is 49.1 Å². The number of aliphatic carboxylic acids is 2. The molecule has 64 heavy (non-hydrogen) atoms. The second-order valence-corrected chi connectivity index (χ2v) is 15.2. The van der Waals surface area contributed by atoms with Gasteiger partial charge < -0.3 is 51.7 Å². The van der Waals surface area contributed by atoms with Crippen molar-refractivity contribution in [3.63, 3.8) is 0 Å². The third-order valence-corrected chi connectivity index (χ3v) is 10.8. The van der Waals surface area contributed by atoms with Crippen molar-refractivity contribution in [2.45, 2.75) is 104 Å². The van der Waals surface area contributed by atoms with Crippen molar-refractivity contribution in [1.29, 1.82) is 0 Å². The molecule has 2 aliphatic rings. The molecular weight excluding hydrogens is 855 g/mol. The Hall–Kier alpha value is -5.32. The van der Waals surface area contributed by atoms with E-state index < -0.39 is 24.3 Å². The van der Waals surface area contributed by atoms with E-state index in [0.717, 1.165) is 113 Å². The minimum absolute atomic E-state index is 0.00233. The first-order chi connectivity index (χ1) is 30.1. The number of nitrogens with two attached hydrogens (primary N) is 2. The first-order valence-corrected chi connectivity index (χ1v) is 21.3. The van der Waals surface area contributed by atoms with Gasteiger partial charge in [-0.15, -0.1) is 0 Å². The summed E-state index contributed by atoms with van der Waals surface area (Å²) in [7, 11) is 0. The number of halogens is 6. The Morgan fingerprint density at radius 1 is 0.625 bits per heavy atom. The molecule has 2 fully saturated rings. The quantitative estimate of drug-likeness (QED) is 0.116. The highest BCUT2D eigenvalue weighted by Gasteiger charge is 2.29. The number of carboxylic acid groups (broad SMARTS) is 2. The van der Waals surface area contributed by atoms with Gasteiger partial charge in [0.1, 0.15) is 11.9 Å². The van der Waals surface area contributed by atoms with E-state index in [0.29, 0.717) is 25.2 Å². The molecule has 16 nitrogen and oxygen atoms in total. The molecule has 0 spiro atoms. The molecule has 4 heterocycles. The van der Waals surface area contributed by atoms with Crippen LogP contribution in [0.25, 0.3) is 22.1 Å². The fourth-order valence-electron chi connectivity index (χ4n) is 7.08. The number of piperidine rings is 2. The van der Waals surface area contributed by atoms with Crippen LogP contribution in [-0.2, 0) is 35.8 Å². The maximum absolute atomic E-state index is 12.5. The summed E-state index contributed by atoms with van der Waals surface area (Å²) in [6, 6.07) is 12.6. The standard InChI is InChI=1S/2C19H29N5O.2C2HF3O2/c2*1-3-23-14-24(4-2)18-13-15(5-6-17(18)23)19(25)21-9-12-22-10-7-16(20)8-11-22;2*3-2(4,5)1(6)7/h2*5-6,13-14,16H,3-4,7-12,20H2,1-2H3;2*(H,6,7). The van der Waals surface area contributed by atoms with E-state index in [1.54, 1.807) is 0 Å². The van der Waals surface area contributed by atoms with Crippen LogP contribution in [0.5, 0.6) is 0 Å². The average Bonchev–Trinajstić information content (AvgIpc) is 3.81. The van der Waals surface area contributed by atoms with E-state index in [-0.39, 0.29) is 11.8 Å². The van der Waals surface area contributed by atoms with Gasteiger partial charge in [0.15, 0.2) is 22.1 Å². The van der Waals surface area contributed by atoms with Gasteiger partial charge in [-0.1, -0.05) is 0 Å². The summed E-state index contributed by atoms with van der Waals surface area (Å²) < 4.78 is 71.9. The number of alkyl halides is 6. The largest absolute Gasteiger partial charge is 0.542 e. The van der Waals surface area contributed by atoms with Crippen molar-refractivity contribution in [1.82, 2.24) is 29.6 Å². The van der Waals surface area contributed by atoms with Crippen molar-refractivity contribution in [3.8, 4) is 0 Å². The molecule has 22 heteroatoms. The molecule has 2 aliphatic heterocycles. The number of rotatable bonds is 12. The molecular formula is C42H60F6N10O6. The van der Waals surface area contributed by atoms with Gasteiger partial charge in [0.2, 0.25) is 12.7 Å². The number of hydrogen-bond acceptors (Lipinski definition) is 10. The average molecular weight is 915 g/mol. The lowest BCUT2D eigenvalue weighted by molar-refractivity contribution is -0.668. The van der Waals surface area contributed by atoms with E-state index in [2.05, 4.69) is 79.1 Å². The molecule has 0 radical (unpaired) electrons. The Morgan fingerprint density at radius 3 is 1.20 bits per heavy atom. The molecule has 2 saturated heterocycles. The second kappa shape index (κ2) is 24.7. The molecule has 0 atom stereocenters. The zero-order valence-electron chi connectivity index (χ0n) is 36.6. The van der Waals surface area contributed by atoms with Crippen LogP contribution in [-0.4, -0.2) is 119 Å². The van der Waals surface area contributed by atoms with E-state index in [1.807, 2.05) is 36.4 Å². The van der Waals surface area contributed by atoms with Crippen molar-refractivity contribution in [2.75, 3.05) is 52.4 Å². The summed E-state index contributed by atoms with van der Waals surface area (Å²) in [4.78, 5) is 47.3. The molecule has 2 aromatic heterocycles. The van der Waals surface area contributed by atoms with Crippen LogP contribution < -0.4 is 41.4 Å². The summed E-state index contributed by atoms with van der Waals surface area (Å²) >= 11 is 0. The van der Waals surface area contributed by atoms with Gasteiger partial charge in [0.25, 0.3) is 11.8 Å². The number of benzene rings is 2. The number of carboxylic acids is 2. The van der Waals surface area contributed by atoms with Gasteiger partial charge in [-0.05, 0) is 104 Å². The number of hydrogen-bond donors (Lipinski definition) is 4. The molecule has 0 bridgehead atoms. The molecule has 6 N–H and O–H groups in total. The van der Waals surface area contributed by atoms with Gasteiger partial charge in [-0.3, -0.25) is 9.59 Å². The van der Waals surface area contributed by atoms with E-state index in [1.165, 1.54) is 11.0 Å². The Labute approximate surface area is 367 Å². The van der Waals surface area contributed by atoms with Gasteiger partial charge >= 0.3 is 12.4 Å². The Kier molecular flexibility index (Phi) is 20.4. The van der Waals surface area contributed by atoms with Crippen LogP contribution in [0.1, 0.15) is 74.1 Å². The van der Waals surface area contributed by atoms with Crippen LogP contribution in [0.2, 0.25) is 0 Å². The number of aryl methyl sites for hydroxylation is 4. The predicted molar refractivity (Wildman–Crippen MR) is 221 cm³/mol. The molecule has 4 aromatic rings. The Bertz CT molecular complexity index is 1990. The van der Waals surface area contributed by atoms with Crippen LogP contribution in [0.3, 0.4) is 0 Å². The van der Waals surface area contributed by atoms with Crippen molar-refractivity contribution in [3.05, 3.63) is 60.2 Å². The SMILES string of the molecule is CCn1c[n+](CC)c2ccc(C(=O)NCCN3CCC(N)CC3)cc21.CCn1c[n+](CC)c2ccc(C(=O)NCCN3CCC(N)CC3)cc21.O=C([O-])C(F)(F)F.O=C([O-])C(F)(F)F. The van der Waals surface area contributed by atoms with Crippen molar-refractivity contribution >= 4 is 45.8 Å². The van der Waals surface area contributed by atoms with E-state index in [9.17, 15) is 35.9 Å². The van der Waals surface area contributed by atoms with Gasteiger partial charge in [-0.25, -0.2) is 18.3 Å². The highest BCUT2D eigenvalue weighted by atomic mass is 19.4. The Balaban J connectivity index is 0.000000263. The molecule has 0 saturated carbocycles.